The van der Waals surface area contributed by atoms with Crippen LogP contribution in [0.1, 0.15) is 19.3 Å². The fourth-order valence-electron chi connectivity index (χ4n) is 2.58. The third kappa shape index (κ3) is 1.97. The first kappa shape index (κ1) is 10.2. The summed E-state index contributed by atoms with van der Waals surface area (Å²) in [6.07, 6.45) is 7.70. The Labute approximate surface area is 95.7 Å². The van der Waals surface area contributed by atoms with Crippen molar-refractivity contribution >= 4 is 0 Å². The van der Waals surface area contributed by atoms with Crippen molar-refractivity contribution in [3.63, 3.8) is 0 Å². The molecule has 3 aliphatic rings. The third-order valence-corrected chi connectivity index (χ3v) is 3.83. The van der Waals surface area contributed by atoms with Gasteiger partial charge >= 0.3 is 0 Å². The van der Waals surface area contributed by atoms with E-state index in [0.717, 1.165) is 18.9 Å². The Hall–Kier alpha value is -0.940. The molecule has 5 heteroatoms. The molecule has 16 heavy (non-hydrogen) atoms. The van der Waals surface area contributed by atoms with E-state index in [2.05, 4.69) is 32.5 Å². The van der Waals surface area contributed by atoms with E-state index in [9.17, 15) is 0 Å². The molecule has 3 N–H and O–H groups in total. The fraction of sp³-hybridized carbons (Fsp3) is 0.818. The van der Waals surface area contributed by atoms with E-state index in [-0.39, 0.29) is 5.54 Å². The summed E-state index contributed by atoms with van der Waals surface area (Å²) >= 11 is 0. The average molecular weight is 221 g/mol. The summed E-state index contributed by atoms with van der Waals surface area (Å²) in [4.78, 5) is 0. The quantitative estimate of drug-likeness (QED) is 0.653. The van der Waals surface area contributed by atoms with Crippen molar-refractivity contribution in [2.75, 3.05) is 19.6 Å². The van der Waals surface area contributed by atoms with Crippen molar-refractivity contribution in [2.24, 2.45) is 16.3 Å². The van der Waals surface area contributed by atoms with E-state index in [0.29, 0.717) is 6.04 Å². The zero-order valence-corrected chi connectivity index (χ0v) is 9.45. The Balaban J connectivity index is 1.45. The van der Waals surface area contributed by atoms with E-state index in [1.807, 2.05) is 6.20 Å². The predicted molar refractivity (Wildman–Crippen MR) is 61.9 cm³/mol. The molecular weight excluding hydrogens is 202 g/mol. The van der Waals surface area contributed by atoms with Gasteiger partial charge in [0.25, 0.3) is 0 Å². The van der Waals surface area contributed by atoms with Gasteiger partial charge in [0.05, 0.1) is 0 Å². The van der Waals surface area contributed by atoms with E-state index in [1.54, 1.807) is 0 Å². The SMILES string of the molecule is C1=C[C@]2(C[C@H]2NCC2CCNCC2)N=NN1. The molecule has 0 amide bonds. The van der Waals surface area contributed by atoms with Crippen LogP contribution >= 0.6 is 0 Å². The second kappa shape index (κ2) is 4.14. The van der Waals surface area contributed by atoms with Gasteiger partial charge in [0.15, 0.2) is 0 Å². The summed E-state index contributed by atoms with van der Waals surface area (Å²) in [5.74, 6) is 0.835. The van der Waals surface area contributed by atoms with Crippen molar-refractivity contribution in [1.29, 1.82) is 0 Å². The maximum Gasteiger partial charge on any atom is 0.120 e. The van der Waals surface area contributed by atoms with Gasteiger partial charge in [-0.15, -0.1) is 0 Å². The molecule has 2 aliphatic heterocycles. The van der Waals surface area contributed by atoms with Crippen LogP contribution in [0.15, 0.2) is 22.6 Å². The molecule has 0 bridgehead atoms. The minimum absolute atomic E-state index is 0.0157. The van der Waals surface area contributed by atoms with Gasteiger partial charge in [-0.05, 0) is 50.9 Å². The van der Waals surface area contributed by atoms with E-state index >= 15 is 0 Å². The minimum atomic E-state index is -0.0157. The van der Waals surface area contributed by atoms with Crippen LogP contribution in [0.4, 0.5) is 0 Å². The molecule has 0 aromatic rings. The van der Waals surface area contributed by atoms with Crippen LogP contribution in [0.2, 0.25) is 0 Å². The number of nitrogens with zero attached hydrogens (tertiary/aromatic N) is 2. The van der Waals surface area contributed by atoms with E-state index < -0.39 is 0 Å². The highest BCUT2D eigenvalue weighted by Gasteiger charge is 2.54. The smallest absolute Gasteiger partial charge is 0.120 e. The summed E-state index contributed by atoms with van der Waals surface area (Å²) in [5.41, 5.74) is 2.73. The van der Waals surface area contributed by atoms with E-state index in [4.69, 9.17) is 0 Å². The largest absolute Gasteiger partial charge is 0.317 e. The standard InChI is InChI=1S/C11H19N5/c1-4-12-5-2-9(1)8-13-10-7-11(10)3-6-14-16-15-11/h3,6,9-10,12-13H,1-2,4-5,7-8H2,(H,14,15)/t10-,11-/m1/s1. The lowest BCUT2D eigenvalue weighted by molar-refractivity contribution is 0.353. The molecule has 1 aliphatic carbocycles. The lowest BCUT2D eigenvalue weighted by Gasteiger charge is -2.23. The first-order valence-corrected chi connectivity index (χ1v) is 6.18. The number of piperidine rings is 1. The Kier molecular flexibility index (Phi) is 2.65. The summed E-state index contributed by atoms with van der Waals surface area (Å²) in [7, 11) is 0. The highest BCUT2D eigenvalue weighted by molar-refractivity contribution is 5.27. The van der Waals surface area contributed by atoms with Crippen LogP contribution in [0.5, 0.6) is 0 Å². The normalized spacial score (nSPS) is 37.6. The maximum atomic E-state index is 4.27. The first-order valence-electron chi connectivity index (χ1n) is 6.18. The van der Waals surface area contributed by atoms with Crippen molar-refractivity contribution in [3.8, 4) is 0 Å². The molecule has 3 rings (SSSR count). The van der Waals surface area contributed by atoms with Crippen molar-refractivity contribution in [3.05, 3.63) is 12.3 Å². The molecular formula is C11H19N5. The number of nitrogens with one attached hydrogen (secondary N) is 3. The van der Waals surface area contributed by atoms with Gasteiger partial charge in [0, 0.05) is 12.2 Å². The van der Waals surface area contributed by atoms with Gasteiger partial charge in [0.2, 0.25) is 0 Å². The monoisotopic (exact) mass is 221 g/mol. The molecule has 2 heterocycles. The van der Waals surface area contributed by atoms with Gasteiger partial charge in [-0.25, -0.2) is 0 Å². The number of hydrogen-bond donors (Lipinski definition) is 3. The van der Waals surface area contributed by atoms with Gasteiger partial charge in [0.1, 0.15) is 5.54 Å². The molecule has 2 atom stereocenters. The van der Waals surface area contributed by atoms with Crippen molar-refractivity contribution < 1.29 is 0 Å². The van der Waals surface area contributed by atoms with Crippen LogP contribution in [-0.2, 0) is 0 Å². The van der Waals surface area contributed by atoms with Gasteiger partial charge in [-0.2, -0.15) is 5.11 Å². The van der Waals surface area contributed by atoms with Crippen LogP contribution in [0.3, 0.4) is 0 Å². The fourth-order valence-corrected chi connectivity index (χ4v) is 2.58. The van der Waals surface area contributed by atoms with Crippen LogP contribution in [0, 0.1) is 5.92 Å². The molecule has 0 aromatic heterocycles. The molecule has 5 nitrogen and oxygen atoms in total. The highest BCUT2D eigenvalue weighted by Crippen LogP contribution is 2.42. The van der Waals surface area contributed by atoms with Crippen LogP contribution in [0.25, 0.3) is 0 Å². The predicted octanol–water partition coefficient (Wildman–Crippen LogP) is 0.571. The van der Waals surface area contributed by atoms with Crippen LogP contribution in [-0.4, -0.2) is 31.2 Å². The first-order chi connectivity index (χ1) is 7.89. The highest BCUT2D eigenvalue weighted by atomic mass is 15.5. The summed E-state index contributed by atoms with van der Waals surface area (Å²) in [6.45, 7) is 3.47. The average Bonchev–Trinajstić information content (AvgIpc) is 3.01. The lowest BCUT2D eigenvalue weighted by Crippen LogP contribution is -2.36. The molecule has 88 valence electrons. The Bertz CT molecular complexity index is 293. The number of rotatable bonds is 3. The Morgan fingerprint density at radius 3 is 3.00 bits per heavy atom. The zero-order chi connectivity index (χ0) is 10.8. The van der Waals surface area contributed by atoms with Gasteiger partial charge in [-0.1, -0.05) is 5.22 Å². The van der Waals surface area contributed by atoms with E-state index in [1.165, 1.54) is 25.9 Å². The van der Waals surface area contributed by atoms with Crippen LogP contribution < -0.4 is 16.1 Å². The molecule has 1 spiro atoms. The molecule has 1 saturated heterocycles. The van der Waals surface area contributed by atoms with Gasteiger partial charge in [-0.3, -0.25) is 5.43 Å². The number of hydrogen-bond acceptors (Lipinski definition) is 5. The van der Waals surface area contributed by atoms with Crippen molar-refractivity contribution in [2.45, 2.75) is 30.8 Å². The topological polar surface area (TPSA) is 60.8 Å². The molecule has 2 fully saturated rings. The van der Waals surface area contributed by atoms with Gasteiger partial charge < -0.3 is 10.6 Å². The second-order valence-electron chi connectivity index (χ2n) is 5.01. The minimum Gasteiger partial charge on any atom is -0.317 e. The maximum absolute atomic E-state index is 4.27. The summed E-state index contributed by atoms with van der Waals surface area (Å²) in [6, 6.07) is 0.504. The Morgan fingerprint density at radius 1 is 1.38 bits per heavy atom. The second-order valence-corrected chi connectivity index (χ2v) is 5.01. The third-order valence-electron chi connectivity index (χ3n) is 3.83. The van der Waals surface area contributed by atoms with Crippen molar-refractivity contribution in [1.82, 2.24) is 16.1 Å². The molecule has 0 aromatic carbocycles. The summed E-state index contributed by atoms with van der Waals surface area (Å²) < 4.78 is 0. The molecule has 0 radical (unpaired) electrons. The summed E-state index contributed by atoms with van der Waals surface area (Å²) in [5, 5.41) is 15.2. The Morgan fingerprint density at radius 2 is 2.25 bits per heavy atom. The lowest BCUT2D eigenvalue weighted by atomic mass is 9.98. The molecule has 0 unspecified atom stereocenters. The zero-order valence-electron chi connectivity index (χ0n) is 9.45. The molecule has 1 saturated carbocycles.